The third-order valence-corrected chi connectivity index (χ3v) is 8.35. The highest BCUT2D eigenvalue weighted by molar-refractivity contribution is 5.96. The maximum absolute atomic E-state index is 12.7. The van der Waals surface area contributed by atoms with Gasteiger partial charge in [-0.1, -0.05) is 72.8 Å². The molecule has 48 heavy (non-hydrogen) atoms. The summed E-state index contributed by atoms with van der Waals surface area (Å²) in [5.41, 5.74) is 5.04. The van der Waals surface area contributed by atoms with Gasteiger partial charge in [0.15, 0.2) is 17.3 Å². The number of benzene rings is 4. The lowest BCUT2D eigenvalue weighted by Crippen LogP contribution is -2.40. The predicted molar refractivity (Wildman–Crippen MR) is 185 cm³/mol. The van der Waals surface area contributed by atoms with Crippen molar-refractivity contribution in [1.29, 1.82) is 0 Å². The van der Waals surface area contributed by atoms with Gasteiger partial charge in [-0.3, -0.25) is 14.9 Å². The van der Waals surface area contributed by atoms with Gasteiger partial charge < -0.3 is 30.5 Å². The predicted octanol–water partition coefficient (Wildman–Crippen LogP) is 5.85. The number of Topliss-reactive ketones (excluding diaryl/α,β-unsaturated/α-hetero) is 1. The van der Waals surface area contributed by atoms with Crippen molar-refractivity contribution < 1.29 is 29.3 Å². The molecule has 1 aliphatic rings. The summed E-state index contributed by atoms with van der Waals surface area (Å²) in [5, 5.41) is 28.2. The van der Waals surface area contributed by atoms with Gasteiger partial charge in [0.25, 0.3) is 0 Å². The van der Waals surface area contributed by atoms with Gasteiger partial charge in [-0.2, -0.15) is 0 Å². The second-order valence-electron chi connectivity index (χ2n) is 11.9. The van der Waals surface area contributed by atoms with E-state index in [1.54, 1.807) is 0 Å². The van der Waals surface area contributed by atoms with Gasteiger partial charge in [-0.05, 0) is 53.8 Å². The van der Waals surface area contributed by atoms with Gasteiger partial charge in [0.2, 0.25) is 5.91 Å². The fourth-order valence-corrected chi connectivity index (χ4v) is 5.68. The molecule has 0 aliphatic carbocycles. The molecule has 1 saturated heterocycles. The second-order valence-corrected chi connectivity index (χ2v) is 11.9. The number of amides is 2. The number of nitrogens with zero attached hydrogens (tertiary/aromatic N) is 1. The van der Waals surface area contributed by atoms with E-state index in [1.165, 1.54) is 18.2 Å². The Morgan fingerprint density at radius 3 is 2.27 bits per heavy atom. The monoisotopic (exact) mass is 650 g/mol. The van der Waals surface area contributed by atoms with E-state index in [2.05, 4.69) is 20.9 Å². The van der Waals surface area contributed by atoms with E-state index in [0.717, 1.165) is 35.3 Å². The molecule has 4 aromatic rings. The maximum atomic E-state index is 12.7. The van der Waals surface area contributed by atoms with E-state index < -0.39 is 6.09 Å². The number of hydrogen-bond donors (Lipinski definition) is 5. The minimum absolute atomic E-state index is 0.0212. The molecule has 0 radical (unpaired) electrons. The minimum atomic E-state index is -0.460. The van der Waals surface area contributed by atoms with Crippen LogP contribution in [0.15, 0.2) is 97.1 Å². The molecule has 5 rings (SSSR count). The third-order valence-electron chi connectivity index (χ3n) is 8.35. The number of anilines is 1. The maximum Gasteiger partial charge on any atom is 0.411 e. The smallest absolute Gasteiger partial charge is 0.411 e. The summed E-state index contributed by atoms with van der Waals surface area (Å²) in [5.74, 6) is -0.718. The molecule has 0 atom stereocenters. The number of aromatic hydroxyl groups is 2. The number of nitrogens with one attached hydrogen (secondary N) is 3. The molecule has 0 unspecified atom stereocenters. The molecule has 1 heterocycles. The molecule has 2 amide bonds. The van der Waals surface area contributed by atoms with Crippen LogP contribution in [0.4, 0.5) is 10.5 Å². The number of likely N-dealkylation sites (tertiary alicyclic amines) is 1. The van der Waals surface area contributed by atoms with Gasteiger partial charge in [0.1, 0.15) is 6.10 Å². The molecular weight excluding hydrogens is 608 g/mol. The van der Waals surface area contributed by atoms with Crippen LogP contribution in [0.25, 0.3) is 11.1 Å². The zero-order valence-electron chi connectivity index (χ0n) is 26.9. The average Bonchev–Trinajstić information content (AvgIpc) is 3.11. The Morgan fingerprint density at radius 2 is 1.50 bits per heavy atom. The number of phenolic OH excluding ortho intramolecular Hbond substituents is 2. The van der Waals surface area contributed by atoms with Crippen molar-refractivity contribution >= 4 is 23.5 Å². The summed E-state index contributed by atoms with van der Waals surface area (Å²) in [4.78, 5) is 39.9. The Bertz CT molecular complexity index is 1690. The van der Waals surface area contributed by atoms with Crippen LogP contribution in [0.2, 0.25) is 0 Å². The fraction of sp³-hybridized carbons (Fsp3) is 0.289. The number of rotatable bonds is 14. The Balaban J connectivity index is 0.959. The summed E-state index contributed by atoms with van der Waals surface area (Å²) < 4.78 is 5.73. The first-order chi connectivity index (χ1) is 23.3. The molecule has 10 nitrogen and oxygen atoms in total. The number of carbonyl (C=O) groups is 3. The Hall–Kier alpha value is -5.19. The van der Waals surface area contributed by atoms with E-state index in [4.69, 9.17) is 4.74 Å². The van der Waals surface area contributed by atoms with Crippen LogP contribution in [-0.2, 0) is 22.6 Å². The summed E-state index contributed by atoms with van der Waals surface area (Å²) in [6, 6.07) is 29.5. The minimum Gasteiger partial charge on any atom is -0.504 e. The zero-order chi connectivity index (χ0) is 33.7. The van der Waals surface area contributed by atoms with Crippen LogP contribution < -0.4 is 16.0 Å². The third kappa shape index (κ3) is 10.2. The summed E-state index contributed by atoms with van der Waals surface area (Å²) in [6.07, 6.45) is 1.43. The van der Waals surface area contributed by atoms with Crippen LogP contribution in [0.3, 0.4) is 0 Å². The normalized spacial score (nSPS) is 13.5. The van der Waals surface area contributed by atoms with Gasteiger partial charge in [0.05, 0.1) is 5.69 Å². The van der Waals surface area contributed by atoms with E-state index >= 15 is 0 Å². The number of para-hydroxylation sites is 1. The molecule has 0 spiro atoms. The van der Waals surface area contributed by atoms with Crippen molar-refractivity contribution in [3.8, 4) is 22.6 Å². The lowest BCUT2D eigenvalue weighted by atomic mass is 10.0. The lowest BCUT2D eigenvalue weighted by Gasteiger charge is -2.31. The molecule has 1 aliphatic heterocycles. The molecule has 1 fully saturated rings. The lowest BCUT2D eigenvalue weighted by molar-refractivity contribution is -0.121. The molecule has 5 N–H and O–H groups in total. The van der Waals surface area contributed by atoms with Crippen molar-refractivity contribution in [3.63, 3.8) is 0 Å². The van der Waals surface area contributed by atoms with Crippen LogP contribution in [0, 0.1) is 0 Å². The van der Waals surface area contributed by atoms with Gasteiger partial charge in [0, 0.05) is 63.2 Å². The Morgan fingerprint density at radius 1 is 0.771 bits per heavy atom. The van der Waals surface area contributed by atoms with Crippen molar-refractivity contribution in [2.24, 2.45) is 0 Å². The summed E-state index contributed by atoms with van der Waals surface area (Å²) >= 11 is 0. The number of piperidine rings is 1. The van der Waals surface area contributed by atoms with Crippen LogP contribution in [-0.4, -0.2) is 65.2 Å². The Kier molecular flexibility index (Phi) is 12.2. The van der Waals surface area contributed by atoms with Crippen LogP contribution in [0.5, 0.6) is 11.5 Å². The highest BCUT2D eigenvalue weighted by Gasteiger charge is 2.23. The highest BCUT2D eigenvalue weighted by Crippen LogP contribution is 2.28. The molecule has 4 aromatic carbocycles. The summed E-state index contributed by atoms with van der Waals surface area (Å²) in [6.45, 7) is 3.60. The van der Waals surface area contributed by atoms with Crippen molar-refractivity contribution in [2.45, 2.75) is 44.9 Å². The molecular formula is C38H42N4O6. The van der Waals surface area contributed by atoms with Gasteiger partial charge in [-0.15, -0.1) is 0 Å². The average molecular weight is 651 g/mol. The first kappa shape index (κ1) is 34.2. The van der Waals surface area contributed by atoms with Crippen molar-refractivity contribution in [2.75, 3.05) is 31.5 Å². The second kappa shape index (κ2) is 17.1. The molecule has 0 bridgehead atoms. The van der Waals surface area contributed by atoms with E-state index in [1.807, 2.05) is 78.9 Å². The first-order valence-electron chi connectivity index (χ1n) is 16.3. The standard InChI is InChI=1S/C38H42N4O6/c43-34(30-13-14-35(44)36(45)24-30)15-19-39-25-27-7-6-8-28(23-27)26-40-37(46)18-22-42-20-16-31(17-21-42)48-38(47)41-33-12-5-4-11-32(33)29-9-2-1-3-10-29/h1-14,23-24,31,39,44-45H,15-22,25-26H2,(H,40,46)(H,41,47). The first-order valence-corrected chi connectivity index (χ1v) is 16.3. The number of carbonyl (C=O) groups excluding carboxylic acids is 3. The SMILES string of the molecule is O=C(CCN1CCC(OC(=O)Nc2ccccc2-c2ccccc2)CC1)NCc1cccc(CNCCC(=O)c2ccc(O)c(O)c2)c1. The highest BCUT2D eigenvalue weighted by atomic mass is 16.6. The Labute approximate surface area is 280 Å². The van der Waals surface area contributed by atoms with Crippen molar-refractivity contribution in [1.82, 2.24) is 15.5 Å². The van der Waals surface area contributed by atoms with Crippen molar-refractivity contribution in [3.05, 3.63) is 114 Å². The number of ketones is 1. The van der Waals surface area contributed by atoms with Gasteiger partial charge in [-0.25, -0.2) is 4.79 Å². The number of phenols is 2. The quantitative estimate of drug-likeness (QED) is 0.0651. The zero-order valence-corrected chi connectivity index (χ0v) is 26.9. The molecule has 250 valence electrons. The molecule has 0 saturated carbocycles. The van der Waals surface area contributed by atoms with Crippen LogP contribution in [0.1, 0.15) is 47.2 Å². The fourth-order valence-electron chi connectivity index (χ4n) is 5.68. The topological polar surface area (TPSA) is 140 Å². The molecule has 10 heteroatoms. The molecule has 0 aromatic heterocycles. The summed E-state index contributed by atoms with van der Waals surface area (Å²) in [7, 11) is 0. The number of ether oxygens (including phenoxy) is 1. The largest absolute Gasteiger partial charge is 0.504 e. The van der Waals surface area contributed by atoms with Gasteiger partial charge >= 0.3 is 6.09 Å². The van der Waals surface area contributed by atoms with E-state index in [9.17, 15) is 24.6 Å². The number of hydrogen-bond acceptors (Lipinski definition) is 8. The van der Waals surface area contributed by atoms with E-state index in [-0.39, 0.29) is 35.7 Å². The van der Waals surface area contributed by atoms with E-state index in [0.29, 0.717) is 56.7 Å². The van der Waals surface area contributed by atoms with Crippen LogP contribution >= 0.6 is 0 Å².